The number of rotatable bonds is 6. The Bertz CT molecular complexity index is 936. The summed E-state index contributed by atoms with van der Waals surface area (Å²) in [6.45, 7) is 4.75. The van der Waals surface area contributed by atoms with Gasteiger partial charge in [-0.1, -0.05) is 12.1 Å². The number of halogens is 1. The molecule has 0 amide bonds. The average molecular weight is 527 g/mol. The van der Waals surface area contributed by atoms with E-state index in [-0.39, 0.29) is 30.1 Å². The minimum absolute atomic E-state index is 0. The molecule has 0 radical (unpaired) electrons. The van der Waals surface area contributed by atoms with Crippen molar-refractivity contribution < 1.29 is 9.47 Å². The molecule has 0 spiro atoms. The number of aryl methyl sites for hydroxylation is 1. The molecule has 2 aromatic heterocycles. The lowest BCUT2D eigenvalue weighted by atomic mass is 10.1. The highest BCUT2D eigenvalue weighted by atomic mass is 127. The van der Waals surface area contributed by atoms with Crippen molar-refractivity contribution in [2.24, 2.45) is 4.99 Å². The van der Waals surface area contributed by atoms with Crippen LogP contribution in [0.3, 0.4) is 0 Å². The van der Waals surface area contributed by atoms with Crippen molar-refractivity contribution in [3.05, 3.63) is 52.8 Å². The van der Waals surface area contributed by atoms with E-state index in [1.54, 1.807) is 18.4 Å². The Kier molecular flexibility index (Phi) is 7.73. The van der Waals surface area contributed by atoms with Gasteiger partial charge in [-0.3, -0.25) is 9.39 Å². The summed E-state index contributed by atoms with van der Waals surface area (Å²) in [6.07, 6.45) is 5.11. The molecule has 156 valence electrons. The topological polar surface area (TPSA) is 72.2 Å². The molecule has 1 aliphatic rings. The monoisotopic (exact) mass is 527 g/mol. The van der Waals surface area contributed by atoms with Gasteiger partial charge in [-0.25, -0.2) is 4.98 Å². The first kappa shape index (κ1) is 21.8. The second kappa shape index (κ2) is 10.3. The van der Waals surface area contributed by atoms with E-state index in [1.807, 2.05) is 22.2 Å². The van der Waals surface area contributed by atoms with Crippen molar-refractivity contribution in [1.29, 1.82) is 0 Å². The van der Waals surface area contributed by atoms with Gasteiger partial charge in [0.1, 0.15) is 11.9 Å². The number of ether oxygens (including phenoxy) is 2. The van der Waals surface area contributed by atoms with Crippen LogP contribution in [0.4, 0.5) is 0 Å². The van der Waals surface area contributed by atoms with Gasteiger partial charge in [-0.05, 0) is 18.6 Å². The molecule has 0 bridgehead atoms. The van der Waals surface area contributed by atoms with E-state index in [1.165, 1.54) is 5.56 Å². The quantitative estimate of drug-likeness (QED) is 0.292. The van der Waals surface area contributed by atoms with Crippen molar-refractivity contribution in [3.63, 3.8) is 0 Å². The number of nitrogens with one attached hydrogen (secondary N) is 2. The zero-order chi connectivity index (χ0) is 19.3. The molecule has 9 heteroatoms. The lowest BCUT2D eigenvalue weighted by Crippen LogP contribution is -2.36. The fourth-order valence-electron chi connectivity index (χ4n) is 3.14. The summed E-state index contributed by atoms with van der Waals surface area (Å²) in [5, 5.41) is 8.71. The molecule has 2 N–H and O–H groups in total. The number of nitrogens with zero attached hydrogens (tertiary/aromatic N) is 3. The first-order chi connectivity index (χ1) is 13.7. The van der Waals surface area contributed by atoms with Gasteiger partial charge >= 0.3 is 0 Å². The van der Waals surface area contributed by atoms with Gasteiger partial charge in [0.05, 0.1) is 25.5 Å². The van der Waals surface area contributed by atoms with Gasteiger partial charge in [-0.15, -0.1) is 35.3 Å². The molecule has 7 nitrogen and oxygen atoms in total. The third-order valence-electron chi connectivity index (χ3n) is 4.65. The summed E-state index contributed by atoms with van der Waals surface area (Å²) >= 11 is 1.63. The molecule has 4 rings (SSSR count). The smallest absolute Gasteiger partial charge is 0.193 e. The molecule has 0 saturated carbocycles. The highest BCUT2D eigenvalue weighted by Crippen LogP contribution is 2.23. The zero-order valence-corrected chi connectivity index (χ0v) is 19.7. The van der Waals surface area contributed by atoms with Crippen molar-refractivity contribution in [3.8, 4) is 5.75 Å². The predicted molar refractivity (Wildman–Crippen MR) is 127 cm³/mol. The zero-order valence-electron chi connectivity index (χ0n) is 16.6. The highest BCUT2D eigenvalue weighted by molar-refractivity contribution is 14.0. The van der Waals surface area contributed by atoms with E-state index in [0.717, 1.165) is 41.0 Å². The van der Waals surface area contributed by atoms with E-state index in [4.69, 9.17) is 9.47 Å². The number of aromatic nitrogens is 2. The van der Waals surface area contributed by atoms with Crippen LogP contribution >= 0.6 is 35.3 Å². The van der Waals surface area contributed by atoms with Gasteiger partial charge in [0.25, 0.3) is 0 Å². The SMILES string of the molecule is CN=C(NCc1cn2ccsc2n1)NCc1ccc(C)cc1OC1CCOC1.I. The summed E-state index contributed by atoms with van der Waals surface area (Å²) in [7, 11) is 1.77. The molecule has 29 heavy (non-hydrogen) atoms. The molecule has 1 atom stereocenters. The maximum atomic E-state index is 6.17. The van der Waals surface area contributed by atoms with Crippen molar-refractivity contribution in [2.75, 3.05) is 20.3 Å². The number of thiazole rings is 1. The van der Waals surface area contributed by atoms with Crippen LogP contribution in [0.15, 0.2) is 41.0 Å². The molecule has 1 saturated heterocycles. The van der Waals surface area contributed by atoms with Crippen LogP contribution in [0, 0.1) is 6.92 Å². The van der Waals surface area contributed by atoms with Crippen LogP contribution in [0.2, 0.25) is 0 Å². The summed E-state index contributed by atoms with van der Waals surface area (Å²) in [5.41, 5.74) is 3.26. The molecule has 1 unspecified atom stereocenters. The Hall–Kier alpha value is -1.85. The number of fused-ring (bicyclic) bond motifs is 1. The minimum atomic E-state index is 0. The van der Waals surface area contributed by atoms with Crippen LogP contribution in [0.1, 0.15) is 23.2 Å². The minimum Gasteiger partial charge on any atom is -0.488 e. The number of guanidine groups is 1. The molecule has 1 fully saturated rings. The molecule has 0 aliphatic carbocycles. The van der Waals surface area contributed by atoms with Crippen molar-refractivity contribution in [2.45, 2.75) is 32.5 Å². The lowest BCUT2D eigenvalue weighted by Gasteiger charge is -2.18. The van der Waals surface area contributed by atoms with E-state index in [2.05, 4.69) is 45.7 Å². The van der Waals surface area contributed by atoms with E-state index < -0.39 is 0 Å². The van der Waals surface area contributed by atoms with Gasteiger partial charge in [0.2, 0.25) is 0 Å². The number of hydrogen-bond acceptors (Lipinski definition) is 5. The Labute approximate surface area is 191 Å². The maximum Gasteiger partial charge on any atom is 0.193 e. The number of benzene rings is 1. The van der Waals surface area contributed by atoms with E-state index in [0.29, 0.717) is 19.7 Å². The lowest BCUT2D eigenvalue weighted by molar-refractivity contribution is 0.140. The largest absolute Gasteiger partial charge is 0.488 e. The Morgan fingerprint density at radius 1 is 1.38 bits per heavy atom. The fraction of sp³-hybridized carbons (Fsp3) is 0.400. The number of hydrogen-bond donors (Lipinski definition) is 2. The summed E-state index contributed by atoms with van der Waals surface area (Å²) < 4.78 is 13.6. The number of aliphatic imine (C=N–C) groups is 1. The molecular weight excluding hydrogens is 501 g/mol. The molecule has 3 aromatic rings. The van der Waals surface area contributed by atoms with Crippen LogP contribution < -0.4 is 15.4 Å². The molecule has 1 aromatic carbocycles. The molecular formula is C20H26IN5O2S. The first-order valence-electron chi connectivity index (χ1n) is 9.41. The van der Waals surface area contributed by atoms with E-state index in [9.17, 15) is 0 Å². The van der Waals surface area contributed by atoms with Crippen LogP contribution in [-0.4, -0.2) is 41.7 Å². The average Bonchev–Trinajstić information content (AvgIpc) is 3.41. The normalized spacial score (nSPS) is 16.6. The van der Waals surface area contributed by atoms with Crippen LogP contribution in [0.25, 0.3) is 4.96 Å². The van der Waals surface area contributed by atoms with E-state index >= 15 is 0 Å². The maximum absolute atomic E-state index is 6.17. The first-order valence-corrected chi connectivity index (χ1v) is 10.3. The summed E-state index contributed by atoms with van der Waals surface area (Å²) in [4.78, 5) is 9.89. The van der Waals surface area contributed by atoms with Crippen molar-refractivity contribution >= 4 is 46.2 Å². The Morgan fingerprint density at radius 2 is 2.24 bits per heavy atom. The predicted octanol–water partition coefficient (Wildman–Crippen LogP) is 3.36. The third kappa shape index (κ3) is 5.61. The van der Waals surface area contributed by atoms with Gasteiger partial charge in [0.15, 0.2) is 10.9 Å². The van der Waals surface area contributed by atoms with Gasteiger partial charge in [0, 0.05) is 43.4 Å². The molecule has 1 aliphatic heterocycles. The second-order valence-electron chi connectivity index (χ2n) is 6.82. The van der Waals surface area contributed by atoms with Crippen LogP contribution in [0.5, 0.6) is 5.75 Å². The summed E-state index contributed by atoms with van der Waals surface area (Å²) in [6, 6.07) is 6.29. The summed E-state index contributed by atoms with van der Waals surface area (Å²) in [5.74, 6) is 1.64. The fourth-order valence-corrected chi connectivity index (χ4v) is 3.86. The highest BCUT2D eigenvalue weighted by Gasteiger charge is 2.18. The molecule has 3 heterocycles. The number of imidazole rings is 1. The van der Waals surface area contributed by atoms with Gasteiger partial charge < -0.3 is 20.1 Å². The third-order valence-corrected chi connectivity index (χ3v) is 5.42. The van der Waals surface area contributed by atoms with Crippen molar-refractivity contribution in [1.82, 2.24) is 20.0 Å². The van der Waals surface area contributed by atoms with Crippen LogP contribution in [-0.2, 0) is 17.8 Å². The van der Waals surface area contributed by atoms with Gasteiger partial charge in [-0.2, -0.15) is 0 Å². The Morgan fingerprint density at radius 3 is 3.00 bits per heavy atom. The standard InChI is InChI=1S/C20H25N5O2S.HI/c1-14-3-4-15(18(9-14)27-17-5-7-26-13-17)10-22-19(21-2)23-11-16-12-25-6-8-28-20(25)24-16;/h3-4,6,8-9,12,17H,5,7,10-11,13H2,1-2H3,(H2,21,22,23);1H. The Balaban J connectivity index is 0.00000240. The second-order valence-corrected chi connectivity index (χ2v) is 7.69.